The number of imidazole rings is 1. The molecule has 694 valence electrons. The van der Waals surface area contributed by atoms with Crippen LogP contribution in [0.5, 0.6) is 5.88 Å². The van der Waals surface area contributed by atoms with Crippen LogP contribution >= 0.6 is 0 Å². The van der Waals surface area contributed by atoms with Gasteiger partial charge in [-0.1, -0.05) is 36.4 Å². The van der Waals surface area contributed by atoms with Crippen molar-refractivity contribution in [3.63, 3.8) is 0 Å². The maximum Gasteiger partial charge on any atom is 0.257 e. The first kappa shape index (κ1) is 104. The number of aliphatic hydroxyl groups excluding tert-OH is 1. The second kappa shape index (κ2) is 43.4. The SMILES string of the molecule is C[N+](C)(C)c1ccc(Nc2nn3ccccc3c2N)cc1.C[N+]1(C)CCCN(c2nn3ccccc3c2N)CC1.C[n+]1ccn(CCCOc2nn3ccccc3c2N)c1.Cc1ccc2c(N)c(N3CC[N+](C)(C)CC3)nn2c1C.Cc1ccc2c(N)c(N3CC[N+](C)(CCO)CC3)nn2c1C.Cc1ccc2c(N)c(NCC[N+](C)(C)C)nn2c1C.[CH3-].[CH3-].[CH3-].[CH3-].[CH3-].[CH3-]. The van der Waals surface area contributed by atoms with Crippen LogP contribution in [0.4, 0.5) is 74.6 Å². The summed E-state index contributed by atoms with van der Waals surface area (Å²) in [4.78, 5) is 6.92. The Hall–Kier alpha value is -12.1. The lowest BCUT2D eigenvalue weighted by atomic mass is 10.2. The molecule has 16 heterocycles. The number of quaternary nitrogens is 5. The summed E-state index contributed by atoms with van der Waals surface area (Å²) in [5, 5.41) is 43.3. The molecule has 0 bridgehead atoms. The van der Waals surface area contributed by atoms with Crippen molar-refractivity contribution in [3.8, 4) is 5.88 Å². The van der Waals surface area contributed by atoms with E-state index in [0.717, 1.165) is 229 Å². The Labute approximate surface area is 756 Å². The third-order valence-electron chi connectivity index (χ3n) is 23.7. The summed E-state index contributed by atoms with van der Waals surface area (Å²) in [6, 6.07) is 38.3. The van der Waals surface area contributed by atoms with Crippen LogP contribution in [0.3, 0.4) is 0 Å². The number of hydrogen-bond donors (Lipinski definition) is 9. The molecule has 0 radical (unpaired) electrons. The zero-order valence-corrected chi connectivity index (χ0v) is 80.7. The number of pyridine rings is 6. The fourth-order valence-electron chi connectivity index (χ4n) is 15.1. The molecular formula is C95H152N30O2. The Bertz CT molecular complexity index is 5830. The van der Waals surface area contributed by atoms with Crippen molar-refractivity contribution in [1.82, 2.24) is 66.7 Å². The van der Waals surface area contributed by atoms with E-state index >= 15 is 0 Å². The van der Waals surface area contributed by atoms with Gasteiger partial charge in [0.1, 0.15) is 58.8 Å². The van der Waals surface area contributed by atoms with Gasteiger partial charge in [0.05, 0.1) is 223 Å². The van der Waals surface area contributed by atoms with Crippen molar-refractivity contribution >= 4 is 108 Å². The minimum absolute atomic E-state index is 0. The molecule has 127 heavy (non-hydrogen) atoms. The molecule has 3 aliphatic heterocycles. The van der Waals surface area contributed by atoms with E-state index in [1.165, 1.54) is 35.3 Å². The van der Waals surface area contributed by atoms with Gasteiger partial charge in [-0.25, -0.2) is 36.2 Å². The number of nitrogens with two attached hydrogens (primary N) is 6. The lowest BCUT2D eigenvalue weighted by Crippen LogP contribution is -2.58. The molecule has 32 heteroatoms. The Morgan fingerprint density at radius 2 is 0.882 bits per heavy atom. The van der Waals surface area contributed by atoms with Crippen LogP contribution in [0.15, 0.2) is 153 Å². The number of nitrogen functional groups attached to an aromatic ring is 6. The van der Waals surface area contributed by atoms with E-state index in [2.05, 4.69) is 206 Å². The van der Waals surface area contributed by atoms with E-state index in [1.807, 2.05) is 146 Å². The third-order valence-corrected chi connectivity index (χ3v) is 23.7. The zero-order chi connectivity index (χ0) is 87.0. The second-order valence-electron chi connectivity index (χ2n) is 36.0. The molecule has 0 atom stereocenters. The van der Waals surface area contributed by atoms with Gasteiger partial charge >= 0.3 is 0 Å². The molecule has 13 aromatic heterocycles. The number of aromatic nitrogens is 14. The third kappa shape index (κ3) is 24.8. The fraction of sp³-hybridized carbons (Fsp3) is 0.400. The summed E-state index contributed by atoms with van der Waals surface area (Å²) in [7, 11) is 26.3. The Balaban J connectivity index is 0.000000233. The molecule has 1 aromatic carbocycles. The molecule has 3 aliphatic rings. The number of aliphatic hydroxyl groups is 1. The second-order valence-corrected chi connectivity index (χ2v) is 36.0. The molecule has 15 N–H and O–H groups in total. The number of fused-ring (bicyclic) bond motifs is 6. The highest BCUT2D eigenvalue weighted by Crippen LogP contribution is 2.35. The highest BCUT2D eigenvalue weighted by molar-refractivity contribution is 5.86. The Morgan fingerprint density at radius 3 is 1.34 bits per heavy atom. The van der Waals surface area contributed by atoms with Crippen LogP contribution in [0, 0.1) is 86.1 Å². The van der Waals surface area contributed by atoms with Gasteiger partial charge in [0.25, 0.3) is 5.88 Å². The van der Waals surface area contributed by atoms with Gasteiger partial charge in [-0.05, 0) is 125 Å². The average Bonchev–Trinajstić information content (AvgIpc) is 1.65. The van der Waals surface area contributed by atoms with Crippen LogP contribution in [0.1, 0.15) is 46.6 Å². The number of ether oxygens (including phenoxy) is 1. The summed E-state index contributed by atoms with van der Waals surface area (Å²) < 4.78 is 25.8. The number of likely N-dealkylation sites (N-methyl/N-ethyl adjacent to an activating group) is 4. The van der Waals surface area contributed by atoms with Crippen LogP contribution in [-0.2, 0) is 13.6 Å². The lowest BCUT2D eigenvalue weighted by molar-refractivity contribution is -0.910. The van der Waals surface area contributed by atoms with E-state index in [4.69, 9.17) is 49.3 Å². The fourth-order valence-corrected chi connectivity index (χ4v) is 15.1. The molecule has 0 saturated carbocycles. The standard InChI is InChI=1S/C16H26N5O.C16H20N5.C15H24N5.C14H18N5O.C14H22N5.C14H24N5.6CH3/c1-12-4-5-14-15(17)16(18-20(14)13(12)2)19-6-8-21(3,9-7-19)10-11-22;1-21(2,3)13-9-7-12(8-10-13)18-16-15(17)14-6-4-5-11-20(14)19-16;1-11-5-6-13-14(16)15(17-19(13)12(11)2)18-7-9-20(3,4)10-8-18;1-17-8-9-18(11-17)6-4-10-20-14-13(15)12-5-2-3-7-19(12)16-14;1-19(2)10-5-7-17(9-11-19)14-13(15)12-6-3-4-8-18(12)16-14;1-10-6-7-12-13(15)14(17-18(12)11(10)2)16-8-9-19(3,4)5;;;;;;/h4-5,22H,6-11,17H2,1-3H3;4-11H,17H2,1-3H3,(H,18,19);5-6H,7-10,16H2,1-4H3;2-3,5,7-9,11H,4,6,10,15H2,1H3;3-4,6,8H,5,7,9-11,15H2,1-2H3;6-7H,8-9,15H2,1-5H3,(H,16,17);6*1H3/q6*+1;6*-1. The van der Waals surface area contributed by atoms with Crippen molar-refractivity contribution in [3.05, 3.63) is 231 Å². The van der Waals surface area contributed by atoms with Crippen molar-refractivity contribution in [1.29, 1.82) is 0 Å². The van der Waals surface area contributed by atoms with Crippen LogP contribution in [-0.4, -0.2) is 274 Å². The Kier molecular flexibility index (Phi) is 35.5. The normalized spacial score (nSPS) is 14.5. The minimum atomic E-state index is 0. The Morgan fingerprint density at radius 1 is 0.457 bits per heavy atom. The smallest absolute Gasteiger partial charge is 0.257 e. The molecule has 0 spiro atoms. The minimum Gasteiger partial charge on any atom is -0.475 e. The van der Waals surface area contributed by atoms with E-state index < -0.39 is 0 Å². The van der Waals surface area contributed by atoms with E-state index in [1.54, 1.807) is 9.03 Å². The summed E-state index contributed by atoms with van der Waals surface area (Å²) in [6.45, 7) is 29.5. The van der Waals surface area contributed by atoms with Gasteiger partial charge in [0.15, 0.2) is 29.1 Å². The van der Waals surface area contributed by atoms with Crippen molar-refractivity contribution < 1.29 is 32.3 Å². The zero-order valence-electron chi connectivity index (χ0n) is 80.7. The molecule has 17 rings (SSSR count). The number of rotatable bonds is 17. The molecule has 32 nitrogen and oxygen atoms in total. The highest BCUT2D eigenvalue weighted by Gasteiger charge is 2.33. The van der Waals surface area contributed by atoms with E-state index in [-0.39, 0.29) is 51.2 Å². The van der Waals surface area contributed by atoms with Gasteiger partial charge in [-0.15, -0.1) is 30.6 Å². The van der Waals surface area contributed by atoms with E-state index in [0.29, 0.717) is 29.7 Å². The van der Waals surface area contributed by atoms with Gasteiger partial charge in [0.2, 0.25) is 6.33 Å². The number of anilines is 12. The average molecular weight is 1750 g/mol. The number of nitrogens with zero attached hydrogens (tertiary/aromatic N) is 22. The summed E-state index contributed by atoms with van der Waals surface area (Å²) in [6.07, 6.45) is 13.9. The molecule has 3 saturated heterocycles. The van der Waals surface area contributed by atoms with Gasteiger partial charge in [0, 0.05) is 72.9 Å². The predicted octanol–water partition coefficient (Wildman–Crippen LogP) is 11.6. The van der Waals surface area contributed by atoms with Gasteiger partial charge < -0.3 is 132 Å². The highest BCUT2D eigenvalue weighted by atomic mass is 16.5. The molecule has 0 unspecified atom stereocenters. The molecule has 3 fully saturated rings. The van der Waals surface area contributed by atoms with Crippen molar-refractivity contribution in [2.24, 2.45) is 7.05 Å². The predicted molar refractivity (Wildman–Crippen MR) is 534 cm³/mol. The first-order chi connectivity index (χ1) is 57.4. The maximum absolute atomic E-state index is 9.20. The quantitative estimate of drug-likeness (QED) is 0.0177. The van der Waals surface area contributed by atoms with Crippen LogP contribution in [0.2, 0.25) is 0 Å². The molecular weight excluding hydrogens is 1590 g/mol. The van der Waals surface area contributed by atoms with E-state index in [9.17, 15) is 5.11 Å². The largest absolute Gasteiger partial charge is 0.475 e. The number of nitrogens with one attached hydrogen (secondary N) is 2. The first-order valence-electron chi connectivity index (χ1n) is 42.0. The topological polar surface area (TPSA) is 332 Å². The molecule has 0 aliphatic carbocycles. The number of piperazine rings is 2. The van der Waals surface area contributed by atoms with Gasteiger partial charge in [-0.3, -0.25) is 4.48 Å². The van der Waals surface area contributed by atoms with Crippen LogP contribution in [0.25, 0.3) is 33.1 Å². The number of hydrogen-bond acceptors (Lipinski definition) is 19. The monoisotopic (exact) mass is 1750 g/mol. The lowest BCUT2D eigenvalue weighted by Gasteiger charge is -2.41. The molecule has 14 aromatic rings. The van der Waals surface area contributed by atoms with Gasteiger partial charge in [-0.2, -0.15) is 0 Å². The van der Waals surface area contributed by atoms with Crippen molar-refractivity contribution in [2.45, 2.75) is 60.9 Å². The maximum atomic E-state index is 9.20. The van der Waals surface area contributed by atoms with Crippen molar-refractivity contribution in [2.75, 3.05) is 249 Å². The van der Waals surface area contributed by atoms with Crippen LogP contribution < -0.4 is 73.5 Å². The first-order valence-corrected chi connectivity index (χ1v) is 42.0. The summed E-state index contributed by atoms with van der Waals surface area (Å²) in [5.74, 6) is 4.74. The summed E-state index contributed by atoms with van der Waals surface area (Å²) >= 11 is 0. The number of benzene rings is 1. The number of aryl methyl sites for hydroxylation is 8. The summed E-state index contributed by atoms with van der Waals surface area (Å²) in [5.41, 5.74) is 56.6. The molecule has 0 amide bonds.